The van der Waals surface area contributed by atoms with E-state index in [1.54, 1.807) is 0 Å². The standard InChI is InChI=1S/C18H34/c1-2-3-4-5-6-7-8-9-10-11-12-15-18-16-13-14-17-18/h13,16,18H,2-12,14-15,17H2,1H3. The van der Waals surface area contributed by atoms with Gasteiger partial charge in [0.25, 0.3) is 0 Å². The van der Waals surface area contributed by atoms with E-state index in [0.29, 0.717) is 0 Å². The van der Waals surface area contributed by atoms with Crippen LogP contribution in [0.1, 0.15) is 96.8 Å². The number of rotatable bonds is 12. The zero-order valence-corrected chi connectivity index (χ0v) is 12.6. The molecule has 1 aliphatic rings. The third-order valence-corrected chi connectivity index (χ3v) is 4.29. The Morgan fingerprint density at radius 1 is 0.778 bits per heavy atom. The van der Waals surface area contributed by atoms with Crippen LogP contribution < -0.4 is 0 Å². The van der Waals surface area contributed by atoms with E-state index in [1.165, 1.54) is 89.9 Å². The lowest BCUT2D eigenvalue weighted by molar-refractivity contribution is 0.504. The van der Waals surface area contributed by atoms with Crippen molar-refractivity contribution in [1.29, 1.82) is 0 Å². The zero-order chi connectivity index (χ0) is 12.9. The van der Waals surface area contributed by atoms with Gasteiger partial charge in [0.1, 0.15) is 0 Å². The average Bonchev–Trinajstić information content (AvgIpc) is 2.89. The molecule has 106 valence electrons. The SMILES string of the molecule is CCCCCCCCCCCCCC1C=CCC1. The summed E-state index contributed by atoms with van der Waals surface area (Å²) in [5.74, 6) is 0.934. The van der Waals surface area contributed by atoms with Crippen molar-refractivity contribution in [2.75, 3.05) is 0 Å². The first-order valence-corrected chi connectivity index (χ1v) is 8.60. The van der Waals surface area contributed by atoms with Crippen molar-refractivity contribution in [3.8, 4) is 0 Å². The molecule has 1 atom stereocenters. The summed E-state index contributed by atoms with van der Waals surface area (Å²) in [6, 6.07) is 0. The second kappa shape index (κ2) is 11.8. The lowest BCUT2D eigenvalue weighted by Gasteiger charge is -2.06. The van der Waals surface area contributed by atoms with Gasteiger partial charge in [0.05, 0.1) is 0 Å². The van der Waals surface area contributed by atoms with Crippen LogP contribution in [0.4, 0.5) is 0 Å². The highest BCUT2D eigenvalue weighted by atomic mass is 14.1. The van der Waals surface area contributed by atoms with E-state index in [4.69, 9.17) is 0 Å². The molecule has 0 nitrogen and oxygen atoms in total. The van der Waals surface area contributed by atoms with Crippen LogP contribution in [0.5, 0.6) is 0 Å². The molecule has 0 aromatic carbocycles. The highest BCUT2D eigenvalue weighted by Gasteiger charge is 2.07. The van der Waals surface area contributed by atoms with Gasteiger partial charge >= 0.3 is 0 Å². The van der Waals surface area contributed by atoms with Crippen molar-refractivity contribution >= 4 is 0 Å². The highest BCUT2D eigenvalue weighted by Crippen LogP contribution is 2.23. The van der Waals surface area contributed by atoms with Gasteiger partial charge in [-0.3, -0.25) is 0 Å². The molecule has 0 aliphatic heterocycles. The minimum absolute atomic E-state index is 0.934. The van der Waals surface area contributed by atoms with Gasteiger partial charge in [-0.2, -0.15) is 0 Å². The maximum Gasteiger partial charge on any atom is -0.0231 e. The van der Waals surface area contributed by atoms with Crippen LogP contribution in [0.3, 0.4) is 0 Å². The summed E-state index contributed by atoms with van der Waals surface area (Å²) in [7, 11) is 0. The van der Waals surface area contributed by atoms with E-state index < -0.39 is 0 Å². The second-order valence-corrected chi connectivity index (χ2v) is 6.09. The third kappa shape index (κ3) is 8.78. The number of unbranched alkanes of at least 4 members (excludes halogenated alkanes) is 10. The molecule has 0 radical (unpaired) electrons. The molecule has 0 heteroatoms. The predicted molar refractivity (Wildman–Crippen MR) is 82.9 cm³/mol. The molecule has 18 heavy (non-hydrogen) atoms. The Bertz CT molecular complexity index is 192. The molecule has 0 amide bonds. The van der Waals surface area contributed by atoms with Crippen molar-refractivity contribution in [3.63, 3.8) is 0 Å². The first-order chi connectivity index (χ1) is 8.93. The highest BCUT2D eigenvalue weighted by molar-refractivity contribution is 4.95. The monoisotopic (exact) mass is 250 g/mol. The molecule has 1 rings (SSSR count). The van der Waals surface area contributed by atoms with E-state index in [9.17, 15) is 0 Å². The Hall–Kier alpha value is -0.260. The van der Waals surface area contributed by atoms with Gasteiger partial charge in [-0.1, -0.05) is 89.7 Å². The topological polar surface area (TPSA) is 0 Å². The fourth-order valence-electron chi connectivity index (χ4n) is 3.01. The zero-order valence-electron chi connectivity index (χ0n) is 12.6. The first-order valence-electron chi connectivity index (χ1n) is 8.60. The smallest absolute Gasteiger partial charge is 0.0231 e. The van der Waals surface area contributed by atoms with Crippen LogP contribution in [0.2, 0.25) is 0 Å². The maximum absolute atomic E-state index is 2.44. The van der Waals surface area contributed by atoms with E-state index in [0.717, 1.165) is 5.92 Å². The van der Waals surface area contributed by atoms with Crippen LogP contribution in [0.15, 0.2) is 12.2 Å². The lowest BCUT2D eigenvalue weighted by atomic mass is 9.99. The second-order valence-electron chi connectivity index (χ2n) is 6.09. The molecule has 0 spiro atoms. The van der Waals surface area contributed by atoms with Crippen molar-refractivity contribution in [2.24, 2.45) is 5.92 Å². The summed E-state index contributed by atoms with van der Waals surface area (Å²) in [6.45, 7) is 2.29. The molecule has 0 aromatic rings. The molecule has 0 bridgehead atoms. The van der Waals surface area contributed by atoms with Gasteiger partial charge in [0.2, 0.25) is 0 Å². The van der Waals surface area contributed by atoms with Gasteiger partial charge in [0, 0.05) is 0 Å². The van der Waals surface area contributed by atoms with Crippen LogP contribution in [0.25, 0.3) is 0 Å². The molecule has 0 fully saturated rings. The number of hydrogen-bond donors (Lipinski definition) is 0. The third-order valence-electron chi connectivity index (χ3n) is 4.29. The van der Waals surface area contributed by atoms with E-state index in [-0.39, 0.29) is 0 Å². The minimum Gasteiger partial charge on any atom is -0.0882 e. The molecule has 0 N–H and O–H groups in total. The minimum atomic E-state index is 0.934. The summed E-state index contributed by atoms with van der Waals surface area (Å²) < 4.78 is 0. The molecule has 0 saturated heterocycles. The Morgan fingerprint density at radius 2 is 1.33 bits per heavy atom. The van der Waals surface area contributed by atoms with Gasteiger partial charge in [-0.25, -0.2) is 0 Å². The van der Waals surface area contributed by atoms with Crippen molar-refractivity contribution in [3.05, 3.63) is 12.2 Å². The summed E-state index contributed by atoms with van der Waals surface area (Å²) >= 11 is 0. The van der Waals surface area contributed by atoms with Gasteiger partial charge in [-0.15, -0.1) is 0 Å². The summed E-state index contributed by atoms with van der Waals surface area (Å²) in [6.07, 6.45) is 25.1. The maximum atomic E-state index is 2.44. The van der Waals surface area contributed by atoms with Crippen molar-refractivity contribution in [1.82, 2.24) is 0 Å². The Morgan fingerprint density at radius 3 is 1.83 bits per heavy atom. The summed E-state index contributed by atoms with van der Waals surface area (Å²) in [5, 5.41) is 0. The van der Waals surface area contributed by atoms with Crippen molar-refractivity contribution in [2.45, 2.75) is 96.8 Å². The molecule has 0 aromatic heterocycles. The largest absolute Gasteiger partial charge is 0.0882 e. The van der Waals surface area contributed by atoms with E-state index >= 15 is 0 Å². The quantitative estimate of drug-likeness (QED) is 0.268. The van der Waals surface area contributed by atoms with Crippen LogP contribution in [0, 0.1) is 5.92 Å². The Balaban J connectivity index is 1.69. The van der Waals surface area contributed by atoms with Crippen molar-refractivity contribution < 1.29 is 0 Å². The Kier molecular flexibility index (Phi) is 10.4. The molecule has 1 aliphatic carbocycles. The number of allylic oxidation sites excluding steroid dienone is 2. The van der Waals surface area contributed by atoms with Crippen LogP contribution in [-0.4, -0.2) is 0 Å². The predicted octanol–water partition coefficient (Wildman–Crippen LogP) is 6.65. The van der Waals surface area contributed by atoms with Gasteiger partial charge in [-0.05, 0) is 25.2 Å². The van der Waals surface area contributed by atoms with Crippen LogP contribution >= 0.6 is 0 Å². The molecular formula is C18H34. The summed E-state index contributed by atoms with van der Waals surface area (Å²) in [5.41, 5.74) is 0. The summed E-state index contributed by atoms with van der Waals surface area (Å²) in [4.78, 5) is 0. The fraction of sp³-hybridized carbons (Fsp3) is 0.889. The molecule has 0 saturated carbocycles. The normalized spacial score (nSPS) is 18.6. The lowest BCUT2D eigenvalue weighted by Crippen LogP contribution is -1.91. The van der Waals surface area contributed by atoms with Crippen LogP contribution in [-0.2, 0) is 0 Å². The van der Waals surface area contributed by atoms with Gasteiger partial charge in [0.15, 0.2) is 0 Å². The fourth-order valence-corrected chi connectivity index (χ4v) is 3.01. The molecule has 0 heterocycles. The van der Waals surface area contributed by atoms with E-state index in [1.807, 2.05) is 0 Å². The van der Waals surface area contributed by atoms with Gasteiger partial charge < -0.3 is 0 Å². The molecule has 1 unspecified atom stereocenters. The molecular weight excluding hydrogens is 216 g/mol. The number of hydrogen-bond acceptors (Lipinski definition) is 0. The average molecular weight is 250 g/mol. The van der Waals surface area contributed by atoms with E-state index in [2.05, 4.69) is 19.1 Å². The Labute approximate surface area is 115 Å². The first kappa shape index (κ1) is 15.8.